The summed E-state index contributed by atoms with van der Waals surface area (Å²) in [5.41, 5.74) is 5.72. The Morgan fingerprint density at radius 3 is 2.22 bits per heavy atom. The van der Waals surface area contributed by atoms with Crippen molar-refractivity contribution in [3.05, 3.63) is 29.8 Å². The second-order valence-corrected chi connectivity index (χ2v) is 6.89. The molecule has 0 spiro atoms. The maximum Gasteiger partial charge on any atom is 0.181 e. The van der Waals surface area contributed by atoms with E-state index < -0.39 is 26.7 Å². The van der Waals surface area contributed by atoms with E-state index in [-0.39, 0.29) is 10.9 Å². The van der Waals surface area contributed by atoms with Crippen molar-refractivity contribution in [3.63, 3.8) is 0 Å². The second-order valence-electron chi connectivity index (χ2n) is 4.66. The van der Waals surface area contributed by atoms with Gasteiger partial charge in [-0.2, -0.15) is 0 Å². The summed E-state index contributed by atoms with van der Waals surface area (Å²) in [6, 6.07) is 2.75. The van der Waals surface area contributed by atoms with Crippen molar-refractivity contribution in [2.45, 2.75) is 41.9 Å². The van der Waals surface area contributed by atoms with Gasteiger partial charge in [-0.3, -0.25) is 0 Å². The summed E-state index contributed by atoms with van der Waals surface area (Å²) in [5, 5.41) is -0.540. The van der Waals surface area contributed by atoms with Gasteiger partial charge in [-0.05, 0) is 43.9 Å². The summed E-state index contributed by atoms with van der Waals surface area (Å²) in [7, 11) is -3.59. The van der Waals surface area contributed by atoms with Crippen LogP contribution in [0.15, 0.2) is 23.1 Å². The first kappa shape index (κ1) is 13.4. The fourth-order valence-corrected chi connectivity index (χ4v) is 4.05. The molecule has 6 heteroatoms. The highest BCUT2D eigenvalue weighted by Gasteiger charge is 2.31. The lowest BCUT2D eigenvalue weighted by atomic mass is 9.96. The lowest BCUT2D eigenvalue weighted by molar-refractivity contribution is 0.433. The number of hydrogen-bond donors (Lipinski definition) is 1. The molecule has 3 nitrogen and oxygen atoms in total. The maximum absolute atomic E-state index is 13.1. The Morgan fingerprint density at radius 1 is 1.06 bits per heavy atom. The summed E-state index contributed by atoms with van der Waals surface area (Å²) in [6.45, 7) is 0. The predicted molar refractivity (Wildman–Crippen MR) is 63.8 cm³/mol. The van der Waals surface area contributed by atoms with Gasteiger partial charge in [0.2, 0.25) is 0 Å². The van der Waals surface area contributed by atoms with E-state index in [1.165, 1.54) is 0 Å². The lowest BCUT2D eigenvalue weighted by Crippen LogP contribution is -2.33. The van der Waals surface area contributed by atoms with Crippen molar-refractivity contribution in [1.29, 1.82) is 0 Å². The smallest absolute Gasteiger partial charge is 0.181 e. The third-order valence-corrected chi connectivity index (χ3v) is 5.64. The molecule has 0 atom stereocenters. The van der Waals surface area contributed by atoms with Crippen LogP contribution in [0.25, 0.3) is 0 Å². The molecule has 2 rings (SSSR count). The molecule has 18 heavy (non-hydrogen) atoms. The highest BCUT2D eigenvalue weighted by atomic mass is 32.2. The summed E-state index contributed by atoms with van der Waals surface area (Å²) < 4.78 is 50.3. The molecule has 0 unspecified atom stereocenters. The van der Waals surface area contributed by atoms with Gasteiger partial charge in [-0.1, -0.05) is 0 Å². The normalized spacial score (nSPS) is 25.1. The fraction of sp³-hybridized carbons (Fsp3) is 0.500. The van der Waals surface area contributed by atoms with E-state index in [1.54, 1.807) is 0 Å². The summed E-state index contributed by atoms with van der Waals surface area (Å²) >= 11 is 0. The molecule has 0 aromatic heterocycles. The Morgan fingerprint density at radius 2 is 1.67 bits per heavy atom. The van der Waals surface area contributed by atoms with Crippen molar-refractivity contribution in [2.75, 3.05) is 0 Å². The first-order valence-electron chi connectivity index (χ1n) is 5.86. The van der Waals surface area contributed by atoms with Crippen LogP contribution in [-0.2, 0) is 9.84 Å². The molecule has 2 N–H and O–H groups in total. The van der Waals surface area contributed by atoms with Crippen molar-refractivity contribution < 1.29 is 17.2 Å². The van der Waals surface area contributed by atoms with Crippen molar-refractivity contribution in [2.24, 2.45) is 5.73 Å². The number of sulfone groups is 1. The second kappa shape index (κ2) is 4.93. The van der Waals surface area contributed by atoms with E-state index in [4.69, 9.17) is 5.73 Å². The Kier molecular flexibility index (Phi) is 3.68. The maximum atomic E-state index is 13.1. The molecule has 0 saturated heterocycles. The number of benzene rings is 1. The predicted octanol–water partition coefficient (Wildman–Crippen LogP) is 2.01. The van der Waals surface area contributed by atoms with Crippen LogP contribution in [-0.4, -0.2) is 19.7 Å². The van der Waals surface area contributed by atoms with E-state index in [9.17, 15) is 17.2 Å². The van der Waals surface area contributed by atoms with Gasteiger partial charge in [-0.15, -0.1) is 0 Å². The van der Waals surface area contributed by atoms with Gasteiger partial charge in [0.25, 0.3) is 0 Å². The summed E-state index contributed by atoms with van der Waals surface area (Å²) in [4.78, 5) is -0.151. The molecule has 1 saturated carbocycles. The minimum atomic E-state index is -3.59. The zero-order valence-electron chi connectivity index (χ0n) is 9.77. The average Bonchev–Trinajstić information content (AvgIpc) is 2.33. The zero-order chi connectivity index (χ0) is 13.3. The van der Waals surface area contributed by atoms with Crippen molar-refractivity contribution >= 4 is 9.84 Å². The molecule has 100 valence electrons. The van der Waals surface area contributed by atoms with Gasteiger partial charge in [0.15, 0.2) is 21.5 Å². The van der Waals surface area contributed by atoms with Gasteiger partial charge >= 0.3 is 0 Å². The van der Waals surface area contributed by atoms with Gasteiger partial charge in [-0.25, -0.2) is 17.2 Å². The Hall–Kier alpha value is -1.01. The fourth-order valence-electron chi connectivity index (χ4n) is 2.25. The van der Waals surface area contributed by atoms with E-state index in [2.05, 4.69) is 0 Å². The number of halogens is 2. The third kappa shape index (κ3) is 2.54. The van der Waals surface area contributed by atoms with Gasteiger partial charge in [0.1, 0.15) is 0 Å². The van der Waals surface area contributed by atoms with Gasteiger partial charge in [0, 0.05) is 6.04 Å². The average molecular weight is 275 g/mol. The van der Waals surface area contributed by atoms with E-state index in [1.807, 2.05) is 0 Å². The molecule has 1 aromatic carbocycles. The highest BCUT2D eigenvalue weighted by molar-refractivity contribution is 7.92. The van der Waals surface area contributed by atoms with E-state index in [0.717, 1.165) is 18.2 Å². The van der Waals surface area contributed by atoms with Crippen LogP contribution in [0, 0.1) is 11.6 Å². The molecule has 1 aliphatic carbocycles. The molecule has 0 bridgehead atoms. The molecule has 1 aromatic rings. The minimum absolute atomic E-state index is 0.0430. The Balaban J connectivity index is 2.27. The molecule has 1 fully saturated rings. The molecule has 0 amide bonds. The number of hydrogen-bond acceptors (Lipinski definition) is 3. The molecule has 0 heterocycles. The largest absolute Gasteiger partial charge is 0.328 e. The van der Waals surface area contributed by atoms with Crippen molar-refractivity contribution in [3.8, 4) is 0 Å². The van der Waals surface area contributed by atoms with Crippen LogP contribution in [0.5, 0.6) is 0 Å². The minimum Gasteiger partial charge on any atom is -0.328 e. The lowest BCUT2D eigenvalue weighted by Gasteiger charge is -2.25. The zero-order valence-corrected chi connectivity index (χ0v) is 10.6. The first-order chi connectivity index (χ1) is 8.41. The monoisotopic (exact) mass is 275 g/mol. The Labute approximate surface area is 105 Å². The quantitative estimate of drug-likeness (QED) is 0.840. The van der Waals surface area contributed by atoms with Crippen LogP contribution in [0.1, 0.15) is 25.7 Å². The van der Waals surface area contributed by atoms with E-state index >= 15 is 0 Å². The summed E-state index contributed by atoms with van der Waals surface area (Å²) in [6.07, 6.45) is 2.24. The highest BCUT2D eigenvalue weighted by Crippen LogP contribution is 2.28. The van der Waals surface area contributed by atoms with Crippen LogP contribution >= 0.6 is 0 Å². The van der Waals surface area contributed by atoms with Gasteiger partial charge < -0.3 is 5.73 Å². The molecular weight excluding hydrogens is 260 g/mol. The number of rotatable bonds is 2. The topological polar surface area (TPSA) is 60.2 Å². The molecule has 1 aliphatic rings. The molecular formula is C12H15F2NO2S. The SMILES string of the molecule is NC1CCC(S(=O)(=O)c2ccc(F)c(F)c2)CC1. The number of nitrogens with two attached hydrogens (primary N) is 1. The van der Waals surface area contributed by atoms with Crippen LogP contribution in [0.2, 0.25) is 0 Å². The molecule has 0 radical (unpaired) electrons. The summed E-state index contributed by atoms with van der Waals surface area (Å²) in [5.74, 6) is -2.18. The van der Waals surface area contributed by atoms with Crippen LogP contribution in [0.4, 0.5) is 8.78 Å². The van der Waals surface area contributed by atoms with E-state index in [0.29, 0.717) is 25.7 Å². The standard InChI is InChI=1S/C12H15F2NO2S/c13-11-6-5-10(7-12(11)14)18(16,17)9-3-1-8(15)2-4-9/h5-9H,1-4,15H2. The first-order valence-corrected chi connectivity index (χ1v) is 7.40. The van der Waals surface area contributed by atoms with Crippen LogP contribution < -0.4 is 5.73 Å². The van der Waals surface area contributed by atoms with Gasteiger partial charge in [0.05, 0.1) is 10.1 Å². The molecule has 0 aliphatic heterocycles. The third-order valence-electron chi connectivity index (χ3n) is 3.38. The van der Waals surface area contributed by atoms with Crippen LogP contribution in [0.3, 0.4) is 0 Å². The van der Waals surface area contributed by atoms with Crippen molar-refractivity contribution in [1.82, 2.24) is 0 Å². The Bertz CT molecular complexity index is 537.